The quantitative estimate of drug-likeness (QED) is 0.398. The Hall–Kier alpha value is -1.07. The summed E-state index contributed by atoms with van der Waals surface area (Å²) in [5, 5.41) is 8.10. The first-order valence-electron chi connectivity index (χ1n) is 2.46. The van der Waals surface area contributed by atoms with Gasteiger partial charge in [0.2, 0.25) is 5.78 Å². The van der Waals surface area contributed by atoms with Crippen LogP contribution in [0, 0.1) is 0 Å². The predicted molar refractivity (Wildman–Crippen MR) is 27.7 cm³/mol. The van der Waals surface area contributed by atoms with Gasteiger partial charge in [-0.3, -0.25) is 4.79 Å². The Morgan fingerprint density at radius 3 is 1.91 bits per heavy atom. The largest absolute Gasteiger partial charge is 0.506 e. The Labute approximate surface area is 59.1 Å². The Morgan fingerprint density at radius 2 is 1.64 bits per heavy atom. The van der Waals surface area contributed by atoms with E-state index in [1.807, 2.05) is 0 Å². The highest BCUT2D eigenvalue weighted by Crippen LogP contribution is 2.06. The average Bonchev–Trinajstić information content (AvgIpc) is 1.87. The first-order chi connectivity index (χ1) is 4.95. The molecular weight excluding hydrogens is 168 g/mol. The number of aliphatic hydroxyl groups excluding tert-OH is 1. The van der Waals surface area contributed by atoms with Gasteiger partial charge >= 0.3 is 0 Å². The zero-order valence-electron chi connectivity index (χ0n) is 5.10. The van der Waals surface area contributed by atoms with Crippen LogP contribution in [0.5, 0.6) is 0 Å². The summed E-state index contributed by atoms with van der Waals surface area (Å²) in [7, 11) is 0. The molecule has 0 spiro atoms. The van der Waals surface area contributed by atoms with Crippen LogP contribution in [0.3, 0.4) is 0 Å². The van der Waals surface area contributed by atoms with E-state index in [2.05, 4.69) is 0 Å². The maximum absolute atomic E-state index is 11.3. The second kappa shape index (κ2) is 3.95. The predicted octanol–water partition coefficient (Wildman–Crippen LogP) is 1.53. The van der Waals surface area contributed by atoms with Gasteiger partial charge in [0.1, 0.15) is 0 Å². The van der Waals surface area contributed by atoms with Gasteiger partial charge in [-0.05, 0) is 0 Å². The zero-order valence-corrected chi connectivity index (χ0v) is 5.10. The van der Waals surface area contributed by atoms with Crippen LogP contribution in [-0.2, 0) is 4.79 Å². The van der Waals surface area contributed by atoms with Crippen molar-refractivity contribution in [1.82, 2.24) is 0 Å². The third-order valence-electron chi connectivity index (χ3n) is 0.729. The van der Waals surface area contributed by atoms with Crippen LogP contribution < -0.4 is 0 Å². The fraction of sp³-hybridized carbons (Fsp3) is 0.400. The smallest absolute Gasteiger partial charge is 0.300 e. The molecule has 1 N–H and O–H groups in total. The van der Waals surface area contributed by atoms with Crippen LogP contribution in [0.25, 0.3) is 0 Å². The highest BCUT2D eigenvalue weighted by molar-refractivity contribution is 5.92. The Kier molecular flexibility index (Phi) is 3.56. The highest BCUT2D eigenvalue weighted by Gasteiger charge is 2.17. The van der Waals surface area contributed by atoms with Gasteiger partial charge < -0.3 is 5.11 Å². The van der Waals surface area contributed by atoms with Crippen molar-refractivity contribution in [2.75, 3.05) is 0 Å². The van der Waals surface area contributed by atoms with Crippen LogP contribution in [0.2, 0.25) is 0 Å². The van der Waals surface area contributed by atoms with Crippen molar-refractivity contribution in [3.8, 4) is 0 Å². The van der Waals surface area contributed by atoms with Gasteiger partial charge in [-0.25, -0.2) is 17.6 Å². The maximum atomic E-state index is 11.3. The summed E-state index contributed by atoms with van der Waals surface area (Å²) in [6.45, 7) is 0. The van der Waals surface area contributed by atoms with E-state index in [1.165, 1.54) is 0 Å². The molecular formula is C5H4F4O2. The molecule has 0 aliphatic carbocycles. The van der Waals surface area contributed by atoms with E-state index in [9.17, 15) is 22.4 Å². The number of carbonyl (C=O) groups is 1. The van der Waals surface area contributed by atoms with E-state index in [0.717, 1.165) is 0 Å². The molecule has 0 aliphatic rings. The zero-order chi connectivity index (χ0) is 9.02. The van der Waals surface area contributed by atoms with Crippen LogP contribution >= 0.6 is 0 Å². The number of rotatable bonds is 3. The molecule has 0 amide bonds. The molecule has 0 rings (SSSR count). The number of allylic oxidation sites excluding steroid dienone is 2. The second-order valence-corrected chi connectivity index (χ2v) is 1.57. The summed E-state index contributed by atoms with van der Waals surface area (Å²) in [6, 6.07) is 0. The van der Waals surface area contributed by atoms with Gasteiger partial charge in [-0.1, -0.05) is 0 Å². The van der Waals surface area contributed by atoms with Gasteiger partial charge in [0, 0.05) is 6.08 Å². The summed E-state index contributed by atoms with van der Waals surface area (Å²) in [5.74, 6) is -3.47. The van der Waals surface area contributed by atoms with Crippen LogP contribution in [0.15, 0.2) is 11.8 Å². The number of aliphatic hydroxyl groups is 1. The molecule has 2 nitrogen and oxygen atoms in total. The minimum atomic E-state index is -3.36. The van der Waals surface area contributed by atoms with Crippen LogP contribution in [0.4, 0.5) is 17.6 Å². The van der Waals surface area contributed by atoms with Crippen molar-refractivity contribution in [2.24, 2.45) is 0 Å². The molecule has 0 aliphatic heterocycles. The average molecular weight is 172 g/mol. The summed E-state index contributed by atoms with van der Waals surface area (Å²) in [5.41, 5.74) is 0. The maximum Gasteiger partial charge on any atom is 0.300 e. The number of carbonyl (C=O) groups excluding carboxylic acids is 1. The molecule has 0 saturated carbocycles. The van der Waals surface area contributed by atoms with Crippen molar-refractivity contribution >= 4 is 5.78 Å². The lowest BCUT2D eigenvalue weighted by Gasteiger charge is -1.95. The van der Waals surface area contributed by atoms with E-state index < -0.39 is 24.4 Å². The highest BCUT2D eigenvalue weighted by atomic mass is 19.3. The number of hydrogen-bond donors (Lipinski definition) is 1. The molecule has 0 saturated heterocycles. The first-order valence-corrected chi connectivity index (χ1v) is 2.46. The van der Waals surface area contributed by atoms with Gasteiger partial charge in [-0.2, -0.15) is 0 Å². The number of hydrogen-bond acceptors (Lipinski definition) is 2. The van der Waals surface area contributed by atoms with Gasteiger partial charge in [0.15, 0.2) is 5.76 Å². The number of ketones is 1. The molecule has 0 atom stereocenters. The minimum Gasteiger partial charge on any atom is -0.506 e. The number of alkyl halides is 4. The van der Waals surface area contributed by atoms with Crippen molar-refractivity contribution in [3.05, 3.63) is 11.8 Å². The third kappa shape index (κ3) is 3.59. The Bertz CT molecular complexity index is 175. The van der Waals surface area contributed by atoms with Crippen molar-refractivity contribution in [2.45, 2.75) is 12.9 Å². The summed E-state index contributed by atoms with van der Waals surface area (Å²) >= 11 is 0. The second-order valence-electron chi connectivity index (χ2n) is 1.57. The lowest BCUT2D eigenvalue weighted by Crippen LogP contribution is -2.09. The minimum absolute atomic E-state index is 0.185. The summed E-state index contributed by atoms with van der Waals surface area (Å²) in [6.07, 6.45) is -6.84. The molecule has 11 heavy (non-hydrogen) atoms. The van der Waals surface area contributed by atoms with E-state index in [-0.39, 0.29) is 6.08 Å². The molecule has 0 bridgehead atoms. The van der Waals surface area contributed by atoms with E-state index >= 15 is 0 Å². The normalized spacial score (nSPS) is 12.7. The Morgan fingerprint density at radius 1 is 1.18 bits per heavy atom. The standard InChI is InChI=1S/C5H4F4O2/c6-4(7)2(10)1-3(11)5(8)9/h1,4-5,10H. The Balaban J connectivity index is 4.20. The van der Waals surface area contributed by atoms with Crippen molar-refractivity contribution in [3.63, 3.8) is 0 Å². The lowest BCUT2D eigenvalue weighted by atomic mass is 10.3. The van der Waals surface area contributed by atoms with Crippen LogP contribution in [-0.4, -0.2) is 23.7 Å². The molecule has 6 heteroatoms. The SMILES string of the molecule is O=C(C=C(O)C(F)F)C(F)F. The molecule has 0 fully saturated rings. The molecule has 0 unspecified atom stereocenters. The molecule has 64 valence electrons. The molecule has 0 aromatic carbocycles. The summed E-state index contributed by atoms with van der Waals surface area (Å²) < 4.78 is 45.3. The lowest BCUT2D eigenvalue weighted by molar-refractivity contribution is -0.124. The molecule has 0 aromatic rings. The van der Waals surface area contributed by atoms with Crippen molar-refractivity contribution < 1.29 is 27.5 Å². The fourth-order valence-electron chi connectivity index (χ4n) is 0.272. The van der Waals surface area contributed by atoms with Gasteiger partial charge in [-0.15, -0.1) is 0 Å². The van der Waals surface area contributed by atoms with E-state index in [1.54, 1.807) is 0 Å². The third-order valence-corrected chi connectivity index (χ3v) is 0.729. The van der Waals surface area contributed by atoms with E-state index in [4.69, 9.17) is 5.11 Å². The monoisotopic (exact) mass is 172 g/mol. The topological polar surface area (TPSA) is 37.3 Å². The molecule has 0 aromatic heterocycles. The first kappa shape index (κ1) is 9.93. The molecule has 0 heterocycles. The summed E-state index contributed by atoms with van der Waals surface area (Å²) in [4.78, 5) is 9.94. The molecule has 0 radical (unpaired) electrons. The van der Waals surface area contributed by atoms with Crippen molar-refractivity contribution in [1.29, 1.82) is 0 Å². The number of halogens is 4. The van der Waals surface area contributed by atoms with Gasteiger partial charge in [0.05, 0.1) is 0 Å². The van der Waals surface area contributed by atoms with Gasteiger partial charge in [0.25, 0.3) is 12.9 Å². The van der Waals surface area contributed by atoms with E-state index in [0.29, 0.717) is 0 Å². The van der Waals surface area contributed by atoms with Crippen LogP contribution in [0.1, 0.15) is 0 Å². The fourth-order valence-corrected chi connectivity index (χ4v) is 0.272.